The molecule has 4 heteroatoms. The van der Waals surface area contributed by atoms with Gasteiger partial charge < -0.3 is 14.7 Å². The zero-order chi connectivity index (χ0) is 20.7. The molecular formula is C24H39N3S. The second-order valence-corrected chi connectivity index (χ2v) is 8.20. The molecule has 1 saturated heterocycles. The summed E-state index contributed by atoms with van der Waals surface area (Å²) in [6.07, 6.45) is 15.4. The Morgan fingerprint density at radius 1 is 1.11 bits per heavy atom. The lowest BCUT2D eigenvalue weighted by atomic mass is 10.0. The van der Waals surface area contributed by atoms with Gasteiger partial charge in [0.2, 0.25) is 0 Å². The maximum atomic E-state index is 5.64. The van der Waals surface area contributed by atoms with Crippen molar-refractivity contribution in [2.24, 2.45) is 0 Å². The summed E-state index contributed by atoms with van der Waals surface area (Å²) in [5.41, 5.74) is 6.10. The second kappa shape index (κ2) is 10.8. The van der Waals surface area contributed by atoms with Crippen LogP contribution in [-0.2, 0) is 0 Å². The number of likely N-dealkylation sites (N-methyl/N-ethyl adjacent to an activating group) is 2. The molecule has 1 aliphatic carbocycles. The SMILES string of the molecule is C/C=C1\C/C(=C\C)N(C)C1C/C=C1\CCC\C1=C/CN(CC)C(=S)N(C)CC. The van der Waals surface area contributed by atoms with Crippen molar-refractivity contribution in [3.63, 3.8) is 0 Å². The fraction of sp³-hybridized carbons (Fsp3) is 0.625. The summed E-state index contributed by atoms with van der Waals surface area (Å²) >= 11 is 5.64. The first kappa shape index (κ1) is 22.7. The van der Waals surface area contributed by atoms with Gasteiger partial charge >= 0.3 is 0 Å². The minimum atomic E-state index is 0.517. The van der Waals surface area contributed by atoms with Crippen molar-refractivity contribution in [2.75, 3.05) is 33.7 Å². The first-order valence-electron chi connectivity index (χ1n) is 10.9. The van der Waals surface area contributed by atoms with Gasteiger partial charge in [0.15, 0.2) is 5.11 Å². The zero-order valence-corrected chi connectivity index (χ0v) is 19.6. The first-order chi connectivity index (χ1) is 13.5. The van der Waals surface area contributed by atoms with Crippen LogP contribution in [0.25, 0.3) is 0 Å². The van der Waals surface area contributed by atoms with Gasteiger partial charge in [-0.05, 0) is 82.3 Å². The fourth-order valence-electron chi connectivity index (χ4n) is 4.26. The molecule has 3 nitrogen and oxygen atoms in total. The van der Waals surface area contributed by atoms with E-state index in [2.05, 4.69) is 80.8 Å². The quantitative estimate of drug-likeness (QED) is 0.428. The molecule has 28 heavy (non-hydrogen) atoms. The summed E-state index contributed by atoms with van der Waals surface area (Å²) in [4.78, 5) is 6.90. The van der Waals surface area contributed by atoms with E-state index in [0.29, 0.717) is 6.04 Å². The molecule has 1 saturated carbocycles. The number of hydrogen-bond donors (Lipinski definition) is 0. The Morgan fingerprint density at radius 3 is 2.36 bits per heavy atom. The molecule has 2 fully saturated rings. The molecular weight excluding hydrogens is 362 g/mol. The van der Waals surface area contributed by atoms with Crippen LogP contribution in [0.3, 0.4) is 0 Å². The van der Waals surface area contributed by atoms with E-state index in [4.69, 9.17) is 12.2 Å². The van der Waals surface area contributed by atoms with E-state index in [9.17, 15) is 0 Å². The Bertz CT molecular complexity index is 671. The molecule has 1 unspecified atom stereocenters. The van der Waals surface area contributed by atoms with Crippen molar-refractivity contribution in [1.29, 1.82) is 0 Å². The highest BCUT2D eigenvalue weighted by Gasteiger charge is 2.28. The van der Waals surface area contributed by atoms with E-state index in [1.165, 1.54) is 30.5 Å². The molecule has 0 aromatic carbocycles. The Labute approximate surface area is 178 Å². The van der Waals surface area contributed by atoms with Gasteiger partial charge in [-0.2, -0.15) is 0 Å². The lowest BCUT2D eigenvalue weighted by molar-refractivity contribution is 0.381. The molecule has 156 valence electrons. The molecule has 0 N–H and O–H groups in total. The maximum absolute atomic E-state index is 5.64. The monoisotopic (exact) mass is 401 g/mol. The highest BCUT2D eigenvalue weighted by molar-refractivity contribution is 7.80. The number of likely N-dealkylation sites (tertiary alicyclic amines) is 1. The van der Waals surface area contributed by atoms with Crippen molar-refractivity contribution in [3.05, 3.63) is 46.7 Å². The summed E-state index contributed by atoms with van der Waals surface area (Å²) in [6.45, 7) is 11.5. The number of rotatable bonds is 6. The Kier molecular flexibility index (Phi) is 8.81. The Hall–Kier alpha value is -1.55. The van der Waals surface area contributed by atoms with Crippen LogP contribution >= 0.6 is 12.2 Å². The average Bonchev–Trinajstić information content (AvgIpc) is 3.29. The van der Waals surface area contributed by atoms with E-state index >= 15 is 0 Å². The van der Waals surface area contributed by atoms with Gasteiger partial charge in [0.25, 0.3) is 0 Å². The second-order valence-electron chi connectivity index (χ2n) is 7.83. The molecule has 1 aliphatic heterocycles. The van der Waals surface area contributed by atoms with E-state index in [1.807, 2.05) is 0 Å². The lowest BCUT2D eigenvalue weighted by Gasteiger charge is -2.29. The predicted octanol–water partition coefficient (Wildman–Crippen LogP) is 5.53. The van der Waals surface area contributed by atoms with Crippen molar-refractivity contribution in [1.82, 2.24) is 14.7 Å². The van der Waals surface area contributed by atoms with Crippen LogP contribution < -0.4 is 0 Å². The van der Waals surface area contributed by atoms with Gasteiger partial charge in [-0.1, -0.05) is 24.3 Å². The van der Waals surface area contributed by atoms with Gasteiger partial charge in [-0.3, -0.25) is 0 Å². The van der Waals surface area contributed by atoms with Crippen LogP contribution in [0.15, 0.2) is 46.7 Å². The normalized spacial score (nSPS) is 25.5. The maximum Gasteiger partial charge on any atom is 0.171 e. The zero-order valence-electron chi connectivity index (χ0n) is 18.8. The van der Waals surface area contributed by atoms with E-state index < -0.39 is 0 Å². The summed E-state index contributed by atoms with van der Waals surface area (Å²) in [7, 11) is 4.32. The molecule has 0 aromatic heterocycles. The van der Waals surface area contributed by atoms with Crippen LogP contribution in [0, 0.1) is 0 Å². The average molecular weight is 402 g/mol. The fourth-order valence-corrected chi connectivity index (χ4v) is 4.59. The van der Waals surface area contributed by atoms with Crippen LogP contribution in [0.1, 0.15) is 59.8 Å². The van der Waals surface area contributed by atoms with E-state index in [0.717, 1.165) is 37.6 Å². The summed E-state index contributed by atoms with van der Waals surface area (Å²) in [6, 6.07) is 0.517. The van der Waals surface area contributed by atoms with Crippen molar-refractivity contribution in [2.45, 2.75) is 65.8 Å². The molecule has 0 bridgehead atoms. The number of thiocarbonyl (C=S) groups is 1. The van der Waals surface area contributed by atoms with Crippen LogP contribution in [0.2, 0.25) is 0 Å². The standard InChI is InChI=1S/C24H39N3S/c1-7-19-18-22(8-2)26(6)23(19)15-14-20-12-11-13-21(20)16-17-27(10-4)24(28)25(5)9-3/h7-8,14,16,23H,9-13,15,17-18H2,1-6H3/b19-7+,20-14+,21-16+,22-8+. The molecule has 2 aliphatic rings. The van der Waals surface area contributed by atoms with Gasteiger partial charge in [0.1, 0.15) is 0 Å². The number of nitrogens with zero attached hydrogens (tertiary/aromatic N) is 3. The van der Waals surface area contributed by atoms with E-state index in [-0.39, 0.29) is 0 Å². The number of allylic oxidation sites excluding steroid dienone is 5. The summed E-state index contributed by atoms with van der Waals surface area (Å²) in [5.74, 6) is 0. The highest BCUT2D eigenvalue weighted by atomic mass is 32.1. The number of hydrogen-bond acceptors (Lipinski definition) is 2. The predicted molar refractivity (Wildman–Crippen MR) is 126 cm³/mol. The summed E-state index contributed by atoms with van der Waals surface area (Å²) in [5, 5.41) is 0.953. The molecule has 2 rings (SSSR count). The van der Waals surface area contributed by atoms with Gasteiger partial charge in [0, 0.05) is 45.8 Å². The van der Waals surface area contributed by atoms with Gasteiger partial charge in [-0.15, -0.1) is 0 Å². The molecule has 0 radical (unpaired) electrons. The third-order valence-electron chi connectivity index (χ3n) is 6.34. The van der Waals surface area contributed by atoms with Crippen molar-refractivity contribution in [3.8, 4) is 0 Å². The molecule has 0 amide bonds. The molecule has 0 aromatic rings. The lowest BCUT2D eigenvalue weighted by Crippen LogP contribution is -2.40. The van der Waals surface area contributed by atoms with Crippen LogP contribution in [0.4, 0.5) is 0 Å². The van der Waals surface area contributed by atoms with E-state index in [1.54, 1.807) is 11.1 Å². The van der Waals surface area contributed by atoms with Crippen LogP contribution in [0.5, 0.6) is 0 Å². The Balaban J connectivity index is 2.07. The molecule has 1 atom stereocenters. The van der Waals surface area contributed by atoms with Crippen molar-refractivity contribution >= 4 is 17.3 Å². The summed E-state index contributed by atoms with van der Waals surface area (Å²) < 4.78 is 0. The largest absolute Gasteiger partial charge is 0.371 e. The molecule has 1 heterocycles. The molecule has 0 spiro atoms. The van der Waals surface area contributed by atoms with Crippen LogP contribution in [-0.4, -0.2) is 59.6 Å². The van der Waals surface area contributed by atoms with Gasteiger partial charge in [0.05, 0.1) is 6.04 Å². The highest BCUT2D eigenvalue weighted by Crippen LogP contribution is 2.35. The smallest absolute Gasteiger partial charge is 0.171 e. The minimum Gasteiger partial charge on any atom is -0.371 e. The van der Waals surface area contributed by atoms with Crippen molar-refractivity contribution < 1.29 is 0 Å². The third kappa shape index (κ3) is 5.28. The topological polar surface area (TPSA) is 9.72 Å². The Morgan fingerprint density at radius 2 is 1.79 bits per heavy atom. The minimum absolute atomic E-state index is 0.517. The third-order valence-corrected chi connectivity index (χ3v) is 6.91. The van der Waals surface area contributed by atoms with Gasteiger partial charge in [-0.25, -0.2) is 0 Å². The first-order valence-corrected chi connectivity index (χ1v) is 11.3.